The predicted molar refractivity (Wildman–Crippen MR) is 88.5 cm³/mol. The number of amides is 1. The lowest BCUT2D eigenvalue weighted by Crippen LogP contribution is -2.26. The zero-order valence-electron chi connectivity index (χ0n) is 13.7. The quantitative estimate of drug-likeness (QED) is 0.732. The molecule has 0 spiro atoms. The zero-order valence-corrected chi connectivity index (χ0v) is 13.7. The molecule has 6 nitrogen and oxygen atoms in total. The van der Waals surface area contributed by atoms with Crippen molar-refractivity contribution < 1.29 is 9.90 Å². The fourth-order valence-corrected chi connectivity index (χ4v) is 2.26. The van der Waals surface area contributed by atoms with E-state index in [4.69, 9.17) is 0 Å². The van der Waals surface area contributed by atoms with E-state index < -0.39 is 0 Å². The van der Waals surface area contributed by atoms with Gasteiger partial charge in [-0.25, -0.2) is 0 Å². The Bertz CT molecular complexity index is 635. The minimum absolute atomic E-state index is 0.184. The predicted octanol–water partition coefficient (Wildman–Crippen LogP) is 2.24. The summed E-state index contributed by atoms with van der Waals surface area (Å²) < 4.78 is 0. The summed E-state index contributed by atoms with van der Waals surface area (Å²) in [7, 11) is 0. The Balaban J connectivity index is 2.14. The molecule has 0 saturated carbocycles. The average Bonchev–Trinajstić information content (AvgIpc) is 3.03. The van der Waals surface area contributed by atoms with E-state index in [1.165, 1.54) is 10.4 Å². The number of hydrogen-bond donors (Lipinski definition) is 2. The van der Waals surface area contributed by atoms with Crippen LogP contribution in [0.5, 0.6) is 0 Å². The lowest BCUT2D eigenvalue weighted by atomic mass is 10.2. The van der Waals surface area contributed by atoms with Gasteiger partial charge in [-0.3, -0.25) is 4.79 Å². The minimum atomic E-state index is -0.315. The van der Waals surface area contributed by atoms with Crippen molar-refractivity contribution in [2.75, 3.05) is 6.54 Å². The molecule has 0 unspecified atom stereocenters. The third kappa shape index (κ3) is 4.39. The van der Waals surface area contributed by atoms with Crippen molar-refractivity contribution in [2.24, 2.45) is 0 Å². The second-order valence-corrected chi connectivity index (χ2v) is 5.43. The van der Waals surface area contributed by atoms with E-state index in [1.54, 1.807) is 0 Å². The number of aromatic nitrogens is 3. The van der Waals surface area contributed by atoms with Crippen LogP contribution >= 0.6 is 0 Å². The molecule has 2 aromatic rings. The maximum atomic E-state index is 12.2. The molecule has 2 rings (SSSR count). The van der Waals surface area contributed by atoms with Crippen molar-refractivity contribution >= 4 is 5.91 Å². The molecular weight excluding hydrogens is 292 g/mol. The molecule has 23 heavy (non-hydrogen) atoms. The van der Waals surface area contributed by atoms with E-state index in [9.17, 15) is 9.90 Å². The number of hydrogen-bond acceptors (Lipinski definition) is 4. The SMILES string of the molecule is CCCCCNC(=O)c1nn(-c2ccc(CC)cc2)nc1CO. The minimum Gasteiger partial charge on any atom is -0.390 e. The van der Waals surface area contributed by atoms with Crippen LogP contribution in [-0.2, 0) is 13.0 Å². The largest absolute Gasteiger partial charge is 0.390 e. The molecular formula is C17H24N4O2. The molecule has 1 aromatic heterocycles. The maximum Gasteiger partial charge on any atom is 0.273 e. The van der Waals surface area contributed by atoms with Gasteiger partial charge in [-0.05, 0) is 30.5 Å². The van der Waals surface area contributed by atoms with E-state index in [1.807, 2.05) is 24.3 Å². The highest BCUT2D eigenvalue weighted by Gasteiger charge is 2.18. The fourth-order valence-electron chi connectivity index (χ4n) is 2.26. The van der Waals surface area contributed by atoms with Gasteiger partial charge in [0.2, 0.25) is 0 Å². The first-order valence-corrected chi connectivity index (χ1v) is 8.14. The lowest BCUT2D eigenvalue weighted by Gasteiger charge is -2.02. The van der Waals surface area contributed by atoms with Gasteiger partial charge in [-0.15, -0.1) is 10.2 Å². The molecule has 0 aliphatic heterocycles. The Morgan fingerprint density at radius 1 is 1.17 bits per heavy atom. The molecule has 0 saturated heterocycles. The molecule has 0 atom stereocenters. The van der Waals surface area contributed by atoms with Crippen LogP contribution in [0.1, 0.15) is 54.9 Å². The van der Waals surface area contributed by atoms with Crippen LogP contribution in [-0.4, -0.2) is 32.6 Å². The topological polar surface area (TPSA) is 80.0 Å². The van der Waals surface area contributed by atoms with Crippen molar-refractivity contribution in [2.45, 2.75) is 46.1 Å². The van der Waals surface area contributed by atoms with Crippen LogP contribution in [0, 0.1) is 0 Å². The van der Waals surface area contributed by atoms with Gasteiger partial charge in [-0.1, -0.05) is 38.8 Å². The Morgan fingerprint density at radius 3 is 2.52 bits per heavy atom. The van der Waals surface area contributed by atoms with Crippen LogP contribution in [0.15, 0.2) is 24.3 Å². The Morgan fingerprint density at radius 2 is 1.91 bits per heavy atom. The number of aryl methyl sites for hydroxylation is 1. The van der Waals surface area contributed by atoms with Crippen LogP contribution in [0.3, 0.4) is 0 Å². The highest BCUT2D eigenvalue weighted by atomic mass is 16.3. The highest BCUT2D eigenvalue weighted by Crippen LogP contribution is 2.11. The molecule has 1 heterocycles. The van der Waals surface area contributed by atoms with Crippen LogP contribution in [0.2, 0.25) is 0 Å². The van der Waals surface area contributed by atoms with Crippen LogP contribution < -0.4 is 5.32 Å². The highest BCUT2D eigenvalue weighted by molar-refractivity contribution is 5.93. The summed E-state index contributed by atoms with van der Waals surface area (Å²) in [5.74, 6) is -0.290. The third-order valence-electron chi connectivity index (χ3n) is 3.69. The van der Waals surface area contributed by atoms with Gasteiger partial charge >= 0.3 is 0 Å². The second kappa shape index (κ2) is 8.43. The summed E-state index contributed by atoms with van der Waals surface area (Å²) in [6, 6.07) is 7.81. The number of nitrogens with zero attached hydrogens (tertiary/aromatic N) is 3. The number of rotatable bonds is 8. The molecule has 0 bridgehead atoms. The second-order valence-electron chi connectivity index (χ2n) is 5.43. The number of nitrogens with one attached hydrogen (secondary N) is 1. The first kappa shape index (κ1) is 17.1. The molecule has 2 N–H and O–H groups in total. The molecule has 1 amide bonds. The Kier molecular flexibility index (Phi) is 6.29. The van der Waals surface area contributed by atoms with Gasteiger partial charge in [0.15, 0.2) is 5.69 Å². The fraction of sp³-hybridized carbons (Fsp3) is 0.471. The number of aliphatic hydroxyl groups is 1. The van der Waals surface area contributed by atoms with Crippen molar-refractivity contribution in [1.29, 1.82) is 0 Å². The van der Waals surface area contributed by atoms with Gasteiger partial charge < -0.3 is 10.4 Å². The Hall–Kier alpha value is -2.21. The van der Waals surface area contributed by atoms with Crippen LogP contribution in [0.25, 0.3) is 5.69 Å². The molecule has 6 heteroatoms. The zero-order chi connectivity index (χ0) is 16.7. The molecule has 0 aliphatic carbocycles. The standard InChI is InChI=1S/C17H24N4O2/c1-3-5-6-11-18-17(23)16-15(12-22)19-21(20-16)14-9-7-13(4-2)8-10-14/h7-10,22H,3-6,11-12H2,1-2H3,(H,18,23). The van der Waals surface area contributed by atoms with Crippen molar-refractivity contribution in [3.63, 3.8) is 0 Å². The summed E-state index contributed by atoms with van der Waals surface area (Å²) in [5, 5.41) is 20.7. The molecule has 0 radical (unpaired) electrons. The molecule has 0 aliphatic rings. The number of benzene rings is 1. The summed E-state index contributed by atoms with van der Waals surface area (Å²) in [6.07, 6.45) is 4.06. The summed E-state index contributed by atoms with van der Waals surface area (Å²) in [5.41, 5.74) is 2.46. The number of carbonyl (C=O) groups excluding carboxylic acids is 1. The van der Waals surface area contributed by atoms with Crippen molar-refractivity contribution in [3.8, 4) is 5.69 Å². The molecule has 124 valence electrons. The van der Waals surface area contributed by atoms with Gasteiger partial charge in [0, 0.05) is 6.54 Å². The van der Waals surface area contributed by atoms with E-state index in [2.05, 4.69) is 29.4 Å². The monoisotopic (exact) mass is 316 g/mol. The van der Waals surface area contributed by atoms with Crippen LogP contribution in [0.4, 0.5) is 0 Å². The summed E-state index contributed by atoms with van der Waals surface area (Å²) >= 11 is 0. The van der Waals surface area contributed by atoms with Crippen molar-refractivity contribution in [3.05, 3.63) is 41.2 Å². The van der Waals surface area contributed by atoms with E-state index in [-0.39, 0.29) is 23.9 Å². The van der Waals surface area contributed by atoms with Gasteiger partial charge in [0.1, 0.15) is 5.69 Å². The van der Waals surface area contributed by atoms with E-state index >= 15 is 0 Å². The first-order chi connectivity index (χ1) is 11.2. The average molecular weight is 316 g/mol. The maximum absolute atomic E-state index is 12.2. The van der Waals surface area contributed by atoms with Gasteiger partial charge in [0.05, 0.1) is 12.3 Å². The van der Waals surface area contributed by atoms with E-state index in [0.717, 1.165) is 31.4 Å². The normalized spacial score (nSPS) is 10.7. The first-order valence-electron chi connectivity index (χ1n) is 8.14. The lowest BCUT2D eigenvalue weighted by molar-refractivity contribution is 0.0944. The number of unbranched alkanes of at least 4 members (excludes halogenated alkanes) is 2. The van der Waals surface area contributed by atoms with Gasteiger partial charge in [0.25, 0.3) is 5.91 Å². The molecule has 0 fully saturated rings. The molecule has 1 aromatic carbocycles. The Labute approximate surface area is 136 Å². The summed E-state index contributed by atoms with van der Waals surface area (Å²) in [4.78, 5) is 13.6. The summed E-state index contributed by atoms with van der Waals surface area (Å²) in [6.45, 7) is 4.49. The van der Waals surface area contributed by atoms with E-state index in [0.29, 0.717) is 6.54 Å². The van der Waals surface area contributed by atoms with Gasteiger partial charge in [-0.2, -0.15) is 4.80 Å². The smallest absolute Gasteiger partial charge is 0.273 e. The number of carbonyl (C=O) groups is 1. The number of aliphatic hydroxyl groups excluding tert-OH is 1. The third-order valence-corrected chi connectivity index (χ3v) is 3.69. The van der Waals surface area contributed by atoms with Crippen molar-refractivity contribution in [1.82, 2.24) is 20.3 Å².